The first-order valence-corrected chi connectivity index (χ1v) is 8.65. The van der Waals surface area contributed by atoms with Gasteiger partial charge in [0.2, 0.25) is 5.95 Å². The SMILES string of the molecule is CC(C)(C)n1ncc2c(=O)[nH]c(N3CCC(c4cnc[nH]4)CC3)nc21. The Labute approximate surface area is 145 Å². The van der Waals surface area contributed by atoms with Crippen LogP contribution in [0.25, 0.3) is 11.0 Å². The molecule has 4 rings (SSSR count). The second-order valence-corrected chi connectivity index (χ2v) is 7.62. The molecular weight excluding hydrogens is 318 g/mol. The first kappa shape index (κ1) is 15.9. The van der Waals surface area contributed by atoms with E-state index in [1.54, 1.807) is 12.5 Å². The molecule has 3 aromatic rings. The maximum Gasteiger partial charge on any atom is 0.263 e. The van der Waals surface area contributed by atoms with Crippen LogP contribution in [0, 0.1) is 0 Å². The molecule has 0 atom stereocenters. The van der Waals surface area contributed by atoms with Gasteiger partial charge in [-0.15, -0.1) is 0 Å². The molecule has 2 N–H and O–H groups in total. The summed E-state index contributed by atoms with van der Waals surface area (Å²) in [6, 6.07) is 0. The number of piperidine rings is 1. The highest BCUT2D eigenvalue weighted by atomic mass is 16.1. The summed E-state index contributed by atoms with van der Waals surface area (Å²) in [7, 11) is 0. The number of imidazole rings is 1. The average Bonchev–Trinajstić information content (AvgIpc) is 3.24. The molecule has 8 nitrogen and oxygen atoms in total. The lowest BCUT2D eigenvalue weighted by Gasteiger charge is -2.31. The number of fused-ring (bicyclic) bond motifs is 1. The van der Waals surface area contributed by atoms with Crippen molar-refractivity contribution in [3.05, 3.63) is 34.8 Å². The van der Waals surface area contributed by atoms with E-state index in [2.05, 4.69) is 45.7 Å². The third-order valence-electron chi connectivity index (χ3n) is 4.81. The smallest absolute Gasteiger partial charge is 0.263 e. The van der Waals surface area contributed by atoms with Crippen LogP contribution in [-0.2, 0) is 5.54 Å². The summed E-state index contributed by atoms with van der Waals surface area (Å²) in [4.78, 5) is 29.5. The van der Waals surface area contributed by atoms with E-state index in [0.29, 0.717) is 22.9 Å². The van der Waals surface area contributed by atoms with Crippen molar-refractivity contribution in [2.45, 2.75) is 45.1 Å². The fourth-order valence-corrected chi connectivity index (χ4v) is 3.44. The summed E-state index contributed by atoms with van der Waals surface area (Å²) in [5.41, 5.74) is 1.46. The Morgan fingerprint density at radius 3 is 2.60 bits per heavy atom. The number of nitrogens with zero attached hydrogens (tertiary/aromatic N) is 5. The first-order valence-electron chi connectivity index (χ1n) is 8.65. The zero-order chi connectivity index (χ0) is 17.6. The molecule has 0 aromatic carbocycles. The minimum absolute atomic E-state index is 0.133. The molecular formula is C17H23N7O. The van der Waals surface area contributed by atoms with E-state index >= 15 is 0 Å². The van der Waals surface area contributed by atoms with Crippen molar-refractivity contribution in [2.75, 3.05) is 18.0 Å². The minimum Gasteiger partial charge on any atom is -0.348 e. The number of hydrogen-bond acceptors (Lipinski definition) is 5. The fourth-order valence-electron chi connectivity index (χ4n) is 3.44. The molecule has 0 amide bonds. The van der Waals surface area contributed by atoms with Gasteiger partial charge < -0.3 is 9.88 Å². The maximum atomic E-state index is 12.4. The fraction of sp³-hybridized carbons (Fsp3) is 0.529. The van der Waals surface area contributed by atoms with Gasteiger partial charge in [-0.3, -0.25) is 9.78 Å². The van der Waals surface area contributed by atoms with Crippen molar-refractivity contribution in [1.82, 2.24) is 29.7 Å². The molecule has 0 spiro atoms. The molecule has 25 heavy (non-hydrogen) atoms. The summed E-state index contributed by atoms with van der Waals surface area (Å²) in [5.74, 6) is 1.11. The minimum atomic E-state index is -0.229. The van der Waals surface area contributed by atoms with E-state index in [9.17, 15) is 4.79 Å². The lowest BCUT2D eigenvalue weighted by atomic mass is 9.94. The summed E-state index contributed by atoms with van der Waals surface area (Å²) >= 11 is 0. The second-order valence-electron chi connectivity index (χ2n) is 7.62. The standard InChI is InChI=1S/C17H23N7O/c1-17(2,3)24-14-12(8-20-24)15(25)22-16(21-14)23-6-4-11(5-7-23)13-9-18-10-19-13/h8-11H,4-7H2,1-3H3,(H,18,19)(H,21,22,25). The molecule has 8 heteroatoms. The number of aromatic nitrogens is 6. The zero-order valence-electron chi connectivity index (χ0n) is 14.8. The third kappa shape index (κ3) is 2.81. The Bertz CT molecular complexity index is 924. The number of rotatable bonds is 2. The van der Waals surface area contributed by atoms with E-state index in [1.807, 2.05) is 10.9 Å². The molecule has 0 saturated carbocycles. The number of H-pyrrole nitrogens is 2. The van der Waals surface area contributed by atoms with Crippen LogP contribution in [0.2, 0.25) is 0 Å². The summed E-state index contributed by atoms with van der Waals surface area (Å²) < 4.78 is 1.82. The Morgan fingerprint density at radius 2 is 1.96 bits per heavy atom. The number of anilines is 1. The monoisotopic (exact) mass is 341 g/mol. The van der Waals surface area contributed by atoms with Gasteiger partial charge in [-0.1, -0.05) is 0 Å². The van der Waals surface area contributed by atoms with Crippen molar-refractivity contribution in [3.8, 4) is 0 Å². The summed E-state index contributed by atoms with van der Waals surface area (Å²) in [6.07, 6.45) is 7.22. The van der Waals surface area contributed by atoms with Gasteiger partial charge in [0.05, 0.1) is 18.1 Å². The molecule has 4 heterocycles. The van der Waals surface area contributed by atoms with Crippen LogP contribution >= 0.6 is 0 Å². The number of hydrogen-bond donors (Lipinski definition) is 2. The van der Waals surface area contributed by atoms with Crippen LogP contribution in [0.3, 0.4) is 0 Å². The topological polar surface area (TPSA) is 95.5 Å². The molecule has 3 aromatic heterocycles. The van der Waals surface area contributed by atoms with Gasteiger partial charge in [-0.2, -0.15) is 10.1 Å². The highest BCUT2D eigenvalue weighted by molar-refractivity contribution is 5.74. The lowest BCUT2D eigenvalue weighted by molar-refractivity contribution is 0.365. The molecule has 132 valence electrons. The quantitative estimate of drug-likeness (QED) is 0.743. The van der Waals surface area contributed by atoms with Gasteiger partial charge in [0, 0.05) is 30.9 Å². The van der Waals surface area contributed by atoms with Crippen LogP contribution < -0.4 is 10.5 Å². The Balaban J connectivity index is 1.63. The molecule has 1 saturated heterocycles. The predicted octanol–water partition coefficient (Wildman–Crippen LogP) is 1.98. The van der Waals surface area contributed by atoms with Crippen molar-refractivity contribution >= 4 is 17.0 Å². The van der Waals surface area contributed by atoms with Gasteiger partial charge in [0.1, 0.15) is 5.39 Å². The van der Waals surface area contributed by atoms with Crippen molar-refractivity contribution in [1.29, 1.82) is 0 Å². The largest absolute Gasteiger partial charge is 0.348 e. The van der Waals surface area contributed by atoms with Crippen molar-refractivity contribution in [3.63, 3.8) is 0 Å². The van der Waals surface area contributed by atoms with E-state index in [1.165, 1.54) is 5.69 Å². The molecule has 1 aliphatic heterocycles. The molecule has 0 bridgehead atoms. The van der Waals surface area contributed by atoms with Crippen molar-refractivity contribution in [2.24, 2.45) is 0 Å². The van der Waals surface area contributed by atoms with Gasteiger partial charge in [-0.25, -0.2) is 9.67 Å². The second kappa shape index (κ2) is 5.72. The molecule has 1 fully saturated rings. The van der Waals surface area contributed by atoms with Crippen molar-refractivity contribution < 1.29 is 0 Å². The van der Waals surface area contributed by atoms with E-state index in [-0.39, 0.29) is 11.1 Å². The third-order valence-corrected chi connectivity index (χ3v) is 4.81. The van der Waals surface area contributed by atoms with Gasteiger partial charge in [0.15, 0.2) is 5.65 Å². The Kier molecular flexibility index (Phi) is 3.63. The lowest BCUT2D eigenvalue weighted by Crippen LogP contribution is -2.35. The summed E-state index contributed by atoms with van der Waals surface area (Å²) in [5, 5.41) is 4.90. The Morgan fingerprint density at radius 1 is 1.20 bits per heavy atom. The van der Waals surface area contributed by atoms with Crippen LogP contribution in [0.15, 0.2) is 23.5 Å². The zero-order valence-corrected chi connectivity index (χ0v) is 14.8. The molecule has 0 aliphatic carbocycles. The van der Waals surface area contributed by atoms with E-state index in [0.717, 1.165) is 25.9 Å². The van der Waals surface area contributed by atoms with Crippen LogP contribution in [0.5, 0.6) is 0 Å². The van der Waals surface area contributed by atoms with Gasteiger partial charge in [0.25, 0.3) is 5.56 Å². The van der Waals surface area contributed by atoms with Gasteiger partial charge in [-0.05, 0) is 33.6 Å². The molecule has 1 aliphatic rings. The first-order chi connectivity index (χ1) is 11.9. The Hall–Kier alpha value is -2.64. The highest BCUT2D eigenvalue weighted by Crippen LogP contribution is 2.28. The van der Waals surface area contributed by atoms with Crippen LogP contribution in [-0.4, -0.2) is 42.8 Å². The van der Waals surface area contributed by atoms with Gasteiger partial charge >= 0.3 is 0 Å². The highest BCUT2D eigenvalue weighted by Gasteiger charge is 2.25. The number of aromatic amines is 2. The number of nitrogens with one attached hydrogen (secondary N) is 2. The molecule has 0 unspecified atom stereocenters. The van der Waals surface area contributed by atoms with Crippen LogP contribution in [0.1, 0.15) is 45.2 Å². The predicted molar refractivity (Wildman–Crippen MR) is 95.9 cm³/mol. The summed E-state index contributed by atoms with van der Waals surface area (Å²) in [6.45, 7) is 7.86. The normalized spacial score (nSPS) is 16.7. The van der Waals surface area contributed by atoms with Crippen LogP contribution in [0.4, 0.5) is 5.95 Å². The van der Waals surface area contributed by atoms with E-state index in [4.69, 9.17) is 4.98 Å². The molecule has 0 radical (unpaired) electrons. The average molecular weight is 341 g/mol. The van der Waals surface area contributed by atoms with E-state index < -0.39 is 0 Å². The maximum absolute atomic E-state index is 12.4.